The molecule has 1 N–H and O–H groups in total. The first-order chi connectivity index (χ1) is 9.75. The Balaban J connectivity index is 0.000000270. The zero-order valence-electron chi connectivity index (χ0n) is 10.6. The molecule has 0 spiro atoms. The van der Waals surface area contributed by atoms with Gasteiger partial charge in [0.15, 0.2) is 0 Å². The quantitative estimate of drug-likeness (QED) is 0.811. The summed E-state index contributed by atoms with van der Waals surface area (Å²) < 4.78 is 36.3. The Morgan fingerprint density at radius 3 is 2.14 bits per heavy atom. The van der Waals surface area contributed by atoms with Crippen LogP contribution in [0.1, 0.15) is 10.4 Å². The van der Waals surface area contributed by atoms with Crippen LogP contribution in [-0.4, -0.2) is 40.3 Å². The molecule has 0 radical (unpaired) electrons. The molecule has 0 amide bonds. The molecule has 1 aromatic heterocycles. The number of ether oxygens (including phenoxy) is 1. The number of methoxy groups -OCH3 is 1. The zero-order chi connectivity index (χ0) is 16.0. The molecule has 112 valence electrons. The third-order valence-electron chi connectivity index (χ3n) is 2.13. The maximum Gasteiger partial charge on any atom is 0.490 e. The Labute approximate surface area is 116 Å². The van der Waals surface area contributed by atoms with Crippen molar-refractivity contribution < 1.29 is 32.6 Å². The molecular weight excluding hydrogens is 293 g/mol. The van der Waals surface area contributed by atoms with E-state index in [4.69, 9.17) is 9.90 Å². The van der Waals surface area contributed by atoms with Crippen molar-refractivity contribution in [2.24, 2.45) is 0 Å². The van der Waals surface area contributed by atoms with Gasteiger partial charge in [-0.2, -0.15) is 13.2 Å². The van der Waals surface area contributed by atoms with Crippen LogP contribution in [0.2, 0.25) is 0 Å². The van der Waals surface area contributed by atoms with Crippen molar-refractivity contribution >= 4 is 23.0 Å². The minimum atomic E-state index is -5.08. The van der Waals surface area contributed by atoms with Crippen LogP contribution in [0, 0.1) is 0 Å². The molecule has 9 heteroatoms. The van der Waals surface area contributed by atoms with Crippen LogP contribution in [0.5, 0.6) is 0 Å². The number of aliphatic carboxylic acids is 1. The normalized spacial score (nSPS) is 10.5. The molecule has 1 heterocycles. The largest absolute Gasteiger partial charge is 0.490 e. The van der Waals surface area contributed by atoms with Gasteiger partial charge in [0.1, 0.15) is 0 Å². The first kappa shape index (κ1) is 16.3. The minimum Gasteiger partial charge on any atom is -0.475 e. The number of carbonyl (C=O) groups excluding carboxylic acids is 1. The zero-order valence-corrected chi connectivity index (χ0v) is 10.6. The monoisotopic (exact) mass is 302 g/mol. The minimum absolute atomic E-state index is 0.363. The maximum absolute atomic E-state index is 11.2. The Morgan fingerprint density at radius 2 is 1.67 bits per heavy atom. The number of alkyl halides is 3. The van der Waals surface area contributed by atoms with Crippen LogP contribution in [0.3, 0.4) is 0 Å². The first-order valence-electron chi connectivity index (χ1n) is 5.35. The van der Waals surface area contributed by atoms with E-state index in [1.54, 1.807) is 30.6 Å². The van der Waals surface area contributed by atoms with Crippen molar-refractivity contribution in [3.8, 4) is 0 Å². The van der Waals surface area contributed by atoms with E-state index in [0.29, 0.717) is 11.1 Å². The van der Waals surface area contributed by atoms with E-state index in [0.717, 1.165) is 5.52 Å². The van der Waals surface area contributed by atoms with E-state index in [1.165, 1.54) is 7.11 Å². The number of hydrogen-bond donors (Lipinski definition) is 1. The Bertz CT molecular complexity index is 658. The van der Waals surface area contributed by atoms with Crippen LogP contribution >= 0.6 is 0 Å². The molecule has 2 aromatic rings. The van der Waals surface area contributed by atoms with Crippen molar-refractivity contribution in [3.63, 3.8) is 0 Å². The van der Waals surface area contributed by atoms with Gasteiger partial charge in [-0.25, -0.2) is 9.59 Å². The molecule has 6 nitrogen and oxygen atoms in total. The van der Waals surface area contributed by atoms with Crippen LogP contribution in [0.4, 0.5) is 13.2 Å². The average molecular weight is 302 g/mol. The SMILES string of the molecule is COC(=O)c1ccc2nccnc2c1.O=C(O)C(F)(F)F. The highest BCUT2D eigenvalue weighted by molar-refractivity contribution is 5.93. The molecule has 0 atom stereocenters. The smallest absolute Gasteiger partial charge is 0.475 e. The molecule has 2 rings (SSSR count). The van der Waals surface area contributed by atoms with E-state index in [2.05, 4.69) is 14.7 Å². The number of aromatic nitrogens is 2. The van der Waals surface area contributed by atoms with E-state index in [9.17, 15) is 18.0 Å². The van der Waals surface area contributed by atoms with E-state index < -0.39 is 12.1 Å². The van der Waals surface area contributed by atoms with E-state index in [-0.39, 0.29) is 5.97 Å². The van der Waals surface area contributed by atoms with Gasteiger partial charge in [-0.3, -0.25) is 9.97 Å². The fourth-order valence-corrected chi connectivity index (χ4v) is 1.21. The lowest BCUT2D eigenvalue weighted by Gasteiger charge is -1.99. The van der Waals surface area contributed by atoms with Gasteiger partial charge in [0.2, 0.25) is 0 Å². The second-order valence-corrected chi connectivity index (χ2v) is 3.55. The van der Waals surface area contributed by atoms with Gasteiger partial charge in [-0.1, -0.05) is 0 Å². The fourth-order valence-electron chi connectivity index (χ4n) is 1.21. The molecule has 21 heavy (non-hydrogen) atoms. The number of carboxylic acid groups (broad SMARTS) is 1. The summed E-state index contributed by atoms with van der Waals surface area (Å²) >= 11 is 0. The van der Waals surface area contributed by atoms with Gasteiger partial charge < -0.3 is 9.84 Å². The van der Waals surface area contributed by atoms with Gasteiger partial charge in [-0.05, 0) is 18.2 Å². The molecule has 0 saturated carbocycles. The van der Waals surface area contributed by atoms with Gasteiger partial charge in [0.25, 0.3) is 0 Å². The van der Waals surface area contributed by atoms with Crippen molar-refractivity contribution in [3.05, 3.63) is 36.2 Å². The van der Waals surface area contributed by atoms with Gasteiger partial charge in [-0.15, -0.1) is 0 Å². The van der Waals surface area contributed by atoms with E-state index in [1.807, 2.05) is 0 Å². The first-order valence-corrected chi connectivity index (χ1v) is 5.35. The second-order valence-electron chi connectivity index (χ2n) is 3.55. The van der Waals surface area contributed by atoms with Gasteiger partial charge in [0.05, 0.1) is 23.7 Å². The van der Waals surface area contributed by atoms with Gasteiger partial charge in [0, 0.05) is 12.4 Å². The van der Waals surface area contributed by atoms with Crippen molar-refractivity contribution in [2.75, 3.05) is 7.11 Å². The lowest BCUT2D eigenvalue weighted by molar-refractivity contribution is -0.192. The summed E-state index contributed by atoms with van der Waals surface area (Å²) in [4.78, 5) is 28.3. The van der Waals surface area contributed by atoms with Crippen molar-refractivity contribution in [2.45, 2.75) is 6.18 Å². The standard InChI is InChI=1S/C10H8N2O2.C2HF3O2/c1-14-10(13)7-2-3-8-9(6-7)12-5-4-11-8;3-2(4,5)1(6)7/h2-6H,1H3;(H,6,7). The molecule has 0 unspecified atom stereocenters. The number of nitrogens with zero attached hydrogens (tertiary/aromatic N) is 2. The van der Waals surface area contributed by atoms with Gasteiger partial charge >= 0.3 is 18.1 Å². The molecule has 0 fully saturated rings. The number of halogens is 3. The molecule has 0 saturated heterocycles. The number of esters is 1. The molecule has 0 aliphatic carbocycles. The fraction of sp³-hybridized carbons (Fsp3) is 0.167. The predicted octanol–water partition coefficient (Wildman–Crippen LogP) is 2.05. The summed E-state index contributed by atoms with van der Waals surface area (Å²) in [5.74, 6) is -3.12. The average Bonchev–Trinajstić information content (AvgIpc) is 2.45. The highest BCUT2D eigenvalue weighted by Gasteiger charge is 2.38. The number of benzene rings is 1. The predicted molar refractivity (Wildman–Crippen MR) is 64.6 cm³/mol. The Morgan fingerprint density at radius 1 is 1.14 bits per heavy atom. The molecule has 0 bridgehead atoms. The number of hydrogen-bond acceptors (Lipinski definition) is 5. The Hall–Kier alpha value is -2.71. The lowest BCUT2D eigenvalue weighted by Crippen LogP contribution is -2.21. The van der Waals surface area contributed by atoms with Crippen molar-refractivity contribution in [1.82, 2.24) is 9.97 Å². The maximum atomic E-state index is 11.2. The number of rotatable bonds is 1. The second kappa shape index (κ2) is 6.64. The van der Waals surface area contributed by atoms with Crippen LogP contribution in [0.15, 0.2) is 30.6 Å². The van der Waals surface area contributed by atoms with Crippen LogP contribution in [0.25, 0.3) is 11.0 Å². The lowest BCUT2D eigenvalue weighted by atomic mass is 10.2. The molecule has 0 aliphatic heterocycles. The Kier molecular flexibility index (Phi) is 5.17. The number of carbonyl (C=O) groups is 2. The summed E-state index contributed by atoms with van der Waals surface area (Å²) in [6.45, 7) is 0. The number of fused-ring (bicyclic) bond motifs is 1. The summed E-state index contributed by atoms with van der Waals surface area (Å²) in [6, 6.07) is 5.08. The van der Waals surface area contributed by atoms with Crippen molar-refractivity contribution in [1.29, 1.82) is 0 Å². The molecule has 1 aromatic carbocycles. The third kappa shape index (κ3) is 4.71. The molecule has 0 aliphatic rings. The molecular formula is C12H9F3N2O4. The van der Waals surface area contributed by atoms with Crippen LogP contribution in [-0.2, 0) is 9.53 Å². The summed E-state index contributed by atoms with van der Waals surface area (Å²) in [6.07, 6.45) is -1.89. The highest BCUT2D eigenvalue weighted by Crippen LogP contribution is 2.13. The van der Waals surface area contributed by atoms with Crippen LogP contribution < -0.4 is 0 Å². The topological polar surface area (TPSA) is 89.4 Å². The summed E-state index contributed by atoms with van der Waals surface area (Å²) in [5, 5.41) is 7.12. The number of carboxylic acids is 1. The third-order valence-corrected chi connectivity index (χ3v) is 2.13. The summed E-state index contributed by atoms with van der Waals surface area (Å²) in [7, 11) is 1.35. The highest BCUT2D eigenvalue weighted by atomic mass is 19.4. The summed E-state index contributed by atoms with van der Waals surface area (Å²) in [5.41, 5.74) is 1.94. The van der Waals surface area contributed by atoms with E-state index >= 15 is 0 Å².